The molecule has 1 aliphatic heterocycles. The number of aliphatic hydroxyl groups is 1. The van der Waals surface area contributed by atoms with Gasteiger partial charge in [-0.3, -0.25) is 14.7 Å². The van der Waals surface area contributed by atoms with Gasteiger partial charge in [-0.2, -0.15) is 5.10 Å². The molecule has 0 spiro atoms. The van der Waals surface area contributed by atoms with Crippen LogP contribution in [0.1, 0.15) is 49.4 Å². The summed E-state index contributed by atoms with van der Waals surface area (Å²) < 4.78 is 17.6. The predicted octanol–water partition coefficient (Wildman–Crippen LogP) is 3.52. The van der Waals surface area contributed by atoms with Gasteiger partial charge in [0, 0.05) is 30.3 Å². The molecule has 1 amide bonds. The van der Waals surface area contributed by atoms with Crippen molar-refractivity contribution in [1.82, 2.24) is 15.2 Å². The maximum atomic E-state index is 12.4. The number of carbonyl (C=O) groups is 2. The van der Waals surface area contributed by atoms with Crippen LogP contribution >= 0.6 is 11.8 Å². The summed E-state index contributed by atoms with van der Waals surface area (Å²) in [6.45, 7) is 2.74. The van der Waals surface area contributed by atoms with Crippen molar-refractivity contribution in [3.05, 3.63) is 71.5 Å². The van der Waals surface area contributed by atoms with Gasteiger partial charge in [0.1, 0.15) is 6.33 Å². The summed E-state index contributed by atoms with van der Waals surface area (Å²) in [6.07, 6.45) is 0.111. The highest BCUT2D eigenvalue weighted by atomic mass is 32.2. The maximum absolute atomic E-state index is 12.4. The van der Waals surface area contributed by atoms with Crippen LogP contribution in [0.25, 0.3) is 0 Å². The fourth-order valence-corrected chi connectivity index (χ4v) is 4.57. The van der Waals surface area contributed by atoms with Crippen molar-refractivity contribution in [2.45, 2.75) is 56.6 Å². The lowest BCUT2D eigenvalue weighted by atomic mass is 10.0. The fraction of sp³-hybridized carbons (Fsp3) is 0.360. The second-order valence-corrected chi connectivity index (χ2v) is 9.33. The molecule has 2 heterocycles. The minimum atomic E-state index is -0.919. The molecule has 11 heteroatoms. The van der Waals surface area contributed by atoms with E-state index >= 15 is 0 Å². The first kappa shape index (κ1) is 25.8. The first-order valence-electron chi connectivity index (χ1n) is 11.5. The second kappa shape index (κ2) is 12.1. The number of anilines is 1. The molecule has 3 aromatic rings. The summed E-state index contributed by atoms with van der Waals surface area (Å²) in [5.41, 5.74) is 3.08. The lowest BCUT2D eigenvalue weighted by Crippen LogP contribution is -2.31. The van der Waals surface area contributed by atoms with Crippen LogP contribution in [0.5, 0.6) is 0 Å². The molecule has 0 radical (unpaired) electrons. The van der Waals surface area contributed by atoms with Gasteiger partial charge in [-0.15, -0.1) is 0 Å². The first-order chi connectivity index (χ1) is 17.4. The molecule has 1 aromatic heterocycles. The zero-order valence-electron chi connectivity index (χ0n) is 19.9. The Hall–Kier alpha value is -3.25. The quantitative estimate of drug-likeness (QED) is 0.291. The number of nitrogens with one attached hydrogen (secondary N) is 2. The predicted molar refractivity (Wildman–Crippen MR) is 132 cm³/mol. The van der Waals surface area contributed by atoms with Crippen molar-refractivity contribution in [2.75, 3.05) is 11.1 Å². The Morgan fingerprint density at radius 2 is 2.03 bits per heavy atom. The number of amides is 1. The number of aromatic nitrogens is 3. The van der Waals surface area contributed by atoms with Gasteiger partial charge < -0.3 is 24.6 Å². The van der Waals surface area contributed by atoms with Gasteiger partial charge in [-0.1, -0.05) is 48.2 Å². The number of benzene rings is 2. The van der Waals surface area contributed by atoms with E-state index in [2.05, 4.69) is 20.5 Å². The largest absolute Gasteiger partial charge is 0.453 e. The van der Waals surface area contributed by atoms with E-state index in [0.29, 0.717) is 23.0 Å². The lowest BCUT2D eigenvalue weighted by molar-refractivity contribution is -0.245. The highest BCUT2D eigenvalue weighted by molar-refractivity contribution is 7.99. The molecule has 3 N–H and O–H groups in total. The zero-order valence-corrected chi connectivity index (χ0v) is 20.7. The molecule has 1 fully saturated rings. The van der Waals surface area contributed by atoms with Crippen molar-refractivity contribution in [2.24, 2.45) is 0 Å². The molecule has 2 aromatic carbocycles. The summed E-state index contributed by atoms with van der Waals surface area (Å²) in [5.74, 6) is -0.324. The monoisotopic (exact) mass is 512 g/mol. The van der Waals surface area contributed by atoms with E-state index in [9.17, 15) is 14.7 Å². The second-order valence-electron chi connectivity index (χ2n) is 8.32. The normalized spacial score (nSPS) is 20.5. The van der Waals surface area contributed by atoms with E-state index in [0.717, 1.165) is 16.7 Å². The van der Waals surface area contributed by atoms with E-state index < -0.39 is 24.3 Å². The Bertz CT molecular complexity index is 1160. The Kier molecular flexibility index (Phi) is 8.70. The number of ether oxygens (including phenoxy) is 3. The summed E-state index contributed by atoms with van der Waals surface area (Å²) in [4.78, 5) is 27.7. The van der Waals surface area contributed by atoms with Crippen LogP contribution in [0.15, 0.2) is 60.0 Å². The number of H-pyrrole nitrogens is 1. The summed E-state index contributed by atoms with van der Waals surface area (Å²) in [7, 11) is 0. The summed E-state index contributed by atoms with van der Waals surface area (Å²) in [6, 6.07) is 14.8. The molecule has 10 nitrogen and oxygen atoms in total. The average Bonchev–Trinajstić information content (AvgIpc) is 3.41. The number of aliphatic hydroxyl groups excluding tert-OH is 1. The molecule has 0 aliphatic carbocycles. The van der Waals surface area contributed by atoms with Crippen LogP contribution in [0, 0.1) is 0 Å². The van der Waals surface area contributed by atoms with Gasteiger partial charge in [0.2, 0.25) is 0 Å². The Morgan fingerprint density at radius 3 is 2.72 bits per heavy atom. The van der Waals surface area contributed by atoms with Crippen molar-refractivity contribution < 1.29 is 28.9 Å². The average molecular weight is 513 g/mol. The van der Waals surface area contributed by atoms with Crippen LogP contribution in [-0.4, -0.2) is 50.1 Å². The zero-order chi connectivity index (χ0) is 25.5. The van der Waals surface area contributed by atoms with Gasteiger partial charge >= 0.3 is 5.97 Å². The van der Waals surface area contributed by atoms with Crippen LogP contribution in [0.4, 0.5) is 5.69 Å². The molecular weight excluding hydrogens is 484 g/mol. The van der Waals surface area contributed by atoms with E-state index in [1.54, 1.807) is 18.2 Å². The highest BCUT2D eigenvalue weighted by Gasteiger charge is 2.32. The third-order valence-corrected chi connectivity index (χ3v) is 6.56. The maximum Gasteiger partial charge on any atom is 0.303 e. The molecule has 36 heavy (non-hydrogen) atoms. The topological polar surface area (TPSA) is 136 Å². The molecule has 1 aliphatic rings. The van der Waals surface area contributed by atoms with Gasteiger partial charge in [-0.25, -0.2) is 4.98 Å². The standard InChI is InChI=1S/C25H28N4O6S/c1-15(33-16(2)31)23(32)28-20-5-3-4-19(10-20)24-34-21(13-36-25-26-14-27-29-25)11-22(35-24)18-8-6-17(12-30)7-9-18/h3-10,14-15,21-22,24,30H,11-13H2,1-2H3,(H,28,32)(H,26,27,29)/t15-,21-,22+,24+/m0/s1. The lowest BCUT2D eigenvalue weighted by Gasteiger charge is -2.36. The SMILES string of the molecule is CC(=O)O[C@@H](C)C(=O)Nc1cccc([C@@H]2O[C@H](CSc3ncn[nH]3)C[C@H](c3ccc(CO)cc3)O2)c1. The van der Waals surface area contributed by atoms with Crippen LogP contribution in [0.3, 0.4) is 0 Å². The summed E-state index contributed by atoms with van der Waals surface area (Å²) in [5, 5.41) is 19.6. The van der Waals surface area contributed by atoms with E-state index in [1.807, 2.05) is 30.3 Å². The number of thioether (sulfide) groups is 1. The van der Waals surface area contributed by atoms with Crippen LogP contribution < -0.4 is 5.32 Å². The number of aromatic amines is 1. The smallest absolute Gasteiger partial charge is 0.303 e. The van der Waals surface area contributed by atoms with Gasteiger partial charge in [0.05, 0.1) is 18.8 Å². The number of hydrogen-bond acceptors (Lipinski definition) is 9. The van der Waals surface area contributed by atoms with Crippen molar-refractivity contribution in [1.29, 1.82) is 0 Å². The molecule has 0 saturated carbocycles. The van der Waals surface area contributed by atoms with Crippen molar-refractivity contribution >= 4 is 29.3 Å². The number of hydrogen-bond donors (Lipinski definition) is 3. The number of carbonyl (C=O) groups excluding carboxylic acids is 2. The number of rotatable bonds is 9. The highest BCUT2D eigenvalue weighted by Crippen LogP contribution is 2.39. The van der Waals surface area contributed by atoms with Gasteiger partial charge in [-0.05, 0) is 30.2 Å². The molecule has 0 unspecified atom stereocenters. The van der Waals surface area contributed by atoms with Crippen molar-refractivity contribution in [3.8, 4) is 0 Å². The third kappa shape index (κ3) is 6.91. The molecule has 0 bridgehead atoms. The minimum absolute atomic E-state index is 0.0252. The molecular formula is C25H28N4O6S. The van der Waals surface area contributed by atoms with Crippen molar-refractivity contribution in [3.63, 3.8) is 0 Å². The molecule has 1 saturated heterocycles. The number of esters is 1. The summed E-state index contributed by atoms with van der Waals surface area (Å²) >= 11 is 1.51. The van der Waals surface area contributed by atoms with E-state index in [-0.39, 0.29) is 18.8 Å². The Labute approximate surface area is 212 Å². The van der Waals surface area contributed by atoms with Gasteiger partial charge in [0.25, 0.3) is 5.91 Å². The van der Waals surface area contributed by atoms with E-state index in [1.165, 1.54) is 31.9 Å². The number of nitrogens with zero attached hydrogens (tertiary/aromatic N) is 2. The first-order valence-corrected chi connectivity index (χ1v) is 12.5. The van der Waals surface area contributed by atoms with Gasteiger partial charge in [0.15, 0.2) is 17.6 Å². The molecule has 190 valence electrons. The Morgan fingerprint density at radius 1 is 1.22 bits per heavy atom. The third-order valence-electron chi connectivity index (χ3n) is 5.55. The molecule has 4 rings (SSSR count). The fourth-order valence-electron chi connectivity index (χ4n) is 3.77. The Balaban J connectivity index is 1.51. The minimum Gasteiger partial charge on any atom is -0.453 e. The molecule has 4 atom stereocenters. The van der Waals surface area contributed by atoms with Crippen LogP contribution in [0.2, 0.25) is 0 Å². The van der Waals surface area contributed by atoms with E-state index in [4.69, 9.17) is 14.2 Å². The van der Waals surface area contributed by atoms with Crippen LogP contribution in [-0.2, 0) is 30.4 Å².